The zero-order valence-electron chi connectivity index (χ0n) is 13.5. The van der Waals surface area contributed by atoms with Crippen LogP contribution in [-0.2, 0) is 4.74 Å². The summed E-state index contributed by atoms with van der Waals surface area (Å²) in [6, 6.07) is 3.70. The van der Waals surface area contributed by atoms with Gasteiger partial charge in [-0.15, -0.1) is 11.3 Å². The molecule has 2 unspecified atom stereocenters. The summed E-state index contributed by atoms with van der Waals surface area (Å²) < 4.78 is 6.93. The number of pyridine rings is 1. The molecule has 3 aliphatic rings. The first-order valence-electron chi connectivity index (χ1n) is 8.57. The summed E-state index contributed by atoms with van der Waals surface area (Å²) >= 11 is 1.33. The number of aromatic nitrogens is 1. The number of carboxylic acid groups (broad SMARTS) is 1. The molecule has 1 N–H and O–H groups in total. The van der Waals surface area contributed by atoms with Crippen molar-refractivity contribution < 1.29 is 14.6 Å². The highest BCUT2D eigenvalue weighted by atomic mass is 32.1. The maximum Gasteiger partial charge on any atom is 0.345 e. The Morgan fingerprint density at radius 1 is 1.25 bits per heavy atom. The number of thiophene rings is 1. The molecule has 3 fully saturated rings. The predicted molar refractivity (Wildman–Crippen MR) is 92.9 cm³/mol. The topological polar surface area (TPSA) is 62.7 Å². The van der Waals surface area contributed by atoms with E-state index in [-0.39, 0.29) is 10.8 Å². The number of nitrogens with zero attached hydrogens (tertiary/aromatic N) is 2. The van der Waals surface area contributed by atoms with Gasteiger partial charge in [-0.05, 0) is 25.0 Å². The van der Waals surface area contributed by atoms with E-state index in [1.54, 1.807) is 6.07 Å². The van der Waals surface area contributed by atoms with Crippen molar-refractivity contribution in [2.24, 2.45) is 10.8 Å². The molecule has 0 bridgehead atoms. The number of carboxylic acids is 1. The van der Waals surface area contributed by atoms with E-state index in [1.807, 2.05) is 12.3 Å². The molecule has 2 aromatic rings. The Morgan fingerprint density at radius 2 is 1.96 bits per heavy atom. The first kappa shape index (κ1) is 14.7. The molecular weight excluding hydrogens is 324 g/mol. The maximum absolute atomic E-state index is 11.3. The van der Waals surface area contributed by atoms with Crippen LogP contribution >= 0.6 is 11.3 Å². The van der Waals surface area contributed by atoms with Gasteiger partial charge in [0.25, 0.3) is 0 Å². The number of ether oxygens (including phenoxy) is 1. The largest absolute Gasteiger partial charge is 0.477 e. The predicted octanol–water partition coefficient (Wildman–Crippen LogP) is 3.39. The fourth-order valence-electron chi connectivity index (χ4n) is 5.18. The fraction of sp³-hybridized carbons (Fsp3) is 0.556. The first-order chi connectivity index (χ1) is 11.6. The van der Waals surface area contributed by atoms with Crippen molar-refractivity contribution in [2.45, 2.75) is 25.7 Å². The minimum absolute atomic E-state index is 0.265. The van der Waals surface area contributed by atoms with Gasteiger partial charge in [-0.3, -0.25) is 0 Å². The van der Waals surface area contributed by atoms with E-state index in [4.69, 9.17) is 4.74 Å². The van der Waals surface area contributed by atoms with Crippen molar-refractivity contribution in [2.75, 3.05) is 31.2 Å². The number of rotatable bonds is 2. The van der Waals surface area contributed by atoms with E-state index >= 15 is 0 Å². The zero-order chi connectivity index (χ0) is 16.4. The lowest BCUT2D eigenvalue weighted by Gasteiger charge is -2.41. The number of carbonyl (C=O) groups is 1. The summed E-state index contributed by atoms with van der Waals surface area (Å²) in [6.45, 7) is 3.70. The molecule has 0 amide bonds. The van der Waals surface area contributed by atoms with Crippen molar-refractivity contribution in [1.29, 1.82) is 0 Å². The molecule has 6 heteroatoms. The molecule has 0 radical (unpaired) electrons. The Bertz CT molecular complexity index is 813. The van der Waals surface area contributed by atoms with Gasteiger partial charge in [-0.25, -0.2) is 9.78 Å². The number of anilines is 1. The van der Waals surface area contributed by atoms with Crippen LogP contribution in [0, 0.1) is 10.8 Å². The molecular formula is C18H20N2O3S. The van der Waals surface area contributed by atoms with Crippen LogP contribution < -0.4 is 4.90 Å². The van der Waals surface area contributed by atoms with Crippen molar-refractivity contribution in [3.63, 3.8) is 0 Å². The molecule has 2 aromatic heterocycles. The average molecular weight is 344 g/mol. The molecule has 24 heavy (non-hydrogen) atoms. The van der Waals surface area contributed by atoms with Crippen LogP contribution in [0.2, 0.25) is 0 Å². The van der Waals surface area contributed by atoms with Gasteiger partial charge in [0, 0.05) is 40.2 Å². The highest BCUT2D eigenvalue weighted by Crippen LogP contribution is 2.60. The summed E-state index contributed by atoms with van der Waals surface area (Å²) in [4.78, 5) is 18.7. The van der Waals surface area contributed by atoms with Gasteiger partial charge in [0.2, 0.25) is 0 Å². The maximum atomic E-state index is 11.3. The van der Waals surface area contributed by atoms with Gasteiger partial charge < -0.3 is 14.7 Å². The van der Waals surface area contributed by atoms with Crippen LogP contribution in [0.15, 0.2) is 18.3 Å². The number of hydrogen-bond donors (Lipinski definition) is 1. The monoisotopic (exact) mass is 344 g/mol. The highest BCUT2D eigenvalue weighted by Gasteiger charge is 2.62. The lowest BCUT2D eigenvalue weighted by Crippen LogP contribution is -2.42. The Kier molecular flexibility index (Phi) is 3.01. The summed E-state index contributed by atoms with van der Waals surface area (Å²) in [5, 5.41) is 10.3. The van der Waals surface area contributed by atoms with Crippen molar-refractivity contribution in [3.05, 3.63) is 23.2 Å². The van der Waals surface area contributed by atoms with Gasteiger partial charge in [0.15, 0.2) is 0 Å². The third-order valence-electron chi connectivity index (χ3n) is 6.36. The molecule has 2 atom stereocenters. The van der Waals surface area contributed by atoms with Crippen LogP contribution in [0.5, 0.6) is 0 Å². The summed E-state index contributed by atoms with van der Waals surface area (Å²) in [5.41, 5.74) is 0.529. The Labute approximate surface area is 144 Å². The molecule has 4 heterocycles. The average Bonchev–Trinajstić information content (AvgIpc) is 3.23. The molecule has 2 aliphatic heterocycles. The van der Waals surface area contributed by atoms with Gasteiger partial charge in [0.05, 0.1) is 13.2 Å². The van der Waals surface area contributed by atoms with Crippen LogP contribution in [-0.4, -0.2) is 42.4 Å². The quantitative estimate of drug-likeness (QED) is 0.905. The second kappa shape index (κ2) is 4.92. The van der Waals surface area contributed by atoms with Crippen LogP contribution in [0.4, 0.5) is 5.82 Å². The Hall–Kier alpha value is -1.66. The minimum Gasteiger partial charge on any atom is -0.477 e. The van der Waals surface area contributed by atoms with Crippen LogP contribution in [0.1, 0.15) is 35.4 Å². The smallest absolute Gasteiger partial charge is 0.345 e. The summed E-state index contributed by atoms with van der Waals surface area (Å²) in [6.07, 6.45) is 6.87. The highest BCUT2D eigenvalue weighted by molar-refractivity contribution is 7.20. The molecule has 1 aliphatic carbocycles. The van der Waals surface area contributed by atoms with E-state index in [0.29, 0.717) is 4.88 Å². The Morgan fingerprint density at radius 3 is 2.62 bits per heavy atom. The molecule has 2 saturated heterocycles. The summed E-state index contributed by atoms with van der Waals surface area (Å²) in [7, 11) is 0. The molecule has 5 nitrogen and oxygen atoms in total. The second-order valence-electron chi connectivity index (χ2n) is 7.58. The van der Waals surface area contributed by atoms with Gasteiger partial charge >= 0.3 is 5.97 Å². The standard InChI is InChI=1S/C18H20N2O3S/c21-16(22)14-7-12-13(24-14)3-6-19-15(12)20-8-17-4-1-2-5-18(17,9-20)11-23-10-17/h3,6-7H,1-2,4-5,8-11H2,(H,21,22). The zero-order valence-corrected chi connectivity index (χ0v) is 14.3. The number of aromatic carboxylic acids is 1. The van der Waals surface area contributed by atoms with Crippen LogP contribution in [0.25, 0.3) is 10.1 Å². The molecule has 0 spiro atoms. The Balaban J connectivity index is 1.58. The normalized spacial score (nSPS) is 32.1. The summed E-state index contributed by atoms with van der Waals surface area (Å²) in [5.74, 6) is 0.0889. The minimum atomic E-state index is -0.861. The fourth-order valence-corrected chi connectivity index (χ4v) is 6.07. The van der Waals surface area contributed by atoms with E-state index in [9.17, 15) is 9.90 Å². The third kappa shape index (κ3) is 1.84. The van der Waals surface area contributed by atoms with Crippen molar-refractivity contribution in [1.82, 2.24) is 4.98 Å². The van der Waals surface area contributed by atoms with E-state index < -0.39 is 5.97 Å². The second-order valence-corrected chi connectivity index (χ2v) is 8.66. The first-order valence-corrected chi connectivity index (χ1v) is 9.39. The van der Waals surface area contributed by atoms with E-state index in [0.717, 1.165) is 42.2 Å². The van der Waals surface area contributed by atoms with E-state index in [2.05, 4.69) is 9.88 Å². The number of hydrogen-bond acceptors (Lipinski definition) is 5. The third-order valence-corrected chi connectivity index (χ3v) is 7.45. The lowest BCUT2D eigenvalue weighted by atomic mass is 9.60. The van der Waals surface area contributed by atoms with Gasteiger partial charge in [0.1, 0.15) is 10.7 Å². The number of fused-ring (bicyclic) bond motifs is 1. The van der Waals surface area contributed by atoms with E-state index in [1.165, 1.54) is 37.0 Å². The van der Waals surface area contributed by atoms with Gasteiger partial charge in [-0.2, -0.15) is 0 Å². The van der Waals surface area contributed by atoms with Crippen LogP contribution in [0.3, 0.4) is 0 Å². The molecule has 126 valence electrons. The van der Waals surface area contributed by atoms with Crippen molar-refractivity contribution >= 4 is 33.2 Å². The molecule has 5 rings (SSSR count). The lowest BCUT2D eigenvalue weighted by molar-refractivity contribution is 0.0702. The molecule has 1 saturated carbocycles. The molecule has 0 aromatic carbocycles. The van der Waals surface area contributed by atoms with Crippen molar-refractivity contribution in [3.8, 4) is 0 Å². The SMILES string of the molecule is O=C(O)c1cc2c(N3CC45CCCCC4(COC5)C3)nccc2s1. The van der Waals surface area contributed by atoms with Gasteiger partial charge in [-0.1, -0.05) is 12.8 Å².